The Kier molecular flexibility index (Phi) is 10.8. The van der Waals surface area contributed by atoms with Gasteiger partial charge >= 0.3 is 6.09 Å². The van der Waals surface area contributed by atoms with Gasteiger partial charge in [-0.25, -0.2) is 9.78 Å². The monoisotopic (exact) mass is 569 g/mol. The van der Waals surface area contributed by atoms with Crippen LogP contribution < -0.4 is 19.5 Å². The zero-order valence-electron chi connectivity index (χ0n) is 24.8. The molecule has 1 aliphatic heterocycles. The first-order chi connectivity index (χ1) is 19.8. The SMILES string of the molecule is COCCCOc1cc(C(=O)N(C[C@@H]2CNC[C@H]2CN(C(=O)Oc2cnc(C)cn2)C2CC2)C(C)C)ccc1OC. The largest absolute Gasteiger partial charge is 0.493 e. The lowest BCUT2D eigenvalue weighted by molar-refractivity contribution is 0.0648. The maximum absolute atomic E-state index is 13.8. The summed E-state index contributed by atoms with van der Waals surface area (Å²) in [5.74, 6) is 1.61. The highest BCUT2D eigenvalue weighted by atomic mass is 16.6. The van der Waals surface area contributed by atoms with Gasteiger partial charge in [0, 0.05) is 64.0 Å². The van der Waals surface area contributed by atoms with Gasteiger partial charge in [0.2, 0.25) is 5.88 Å². The van der Waals surface area contributed by atoms with E-state index in [1.165, 1.54) is 6.20 Å². The Morgan fingerprint density at radius 2 is 1.78 bits per heavy atom. The summed E-state index contributed by atoms with van der Waals surface area (Å²) in [5.41, 5.74) is 1.31. The third-order valence-electron chi connectivity index (χ3n) is 7.56. The number of hydrogen-bond donors (Lipinski definition) is 1. The number of nitrogens with one attached hydrogen (secondary N) is 1. The summed E-state index contributed by atoms with van der Waals surface area (Å²) in [6.45, 7) is 9.61. The molecule has 2 heterocycles. The second kappa shape index (κ2) is 14.5. The molecule has 0 bridgehead atoms. The van der Waals surface area contributed by atoms with Crippen LogP contribution >= 0.6 is 0 Å². The molecule has 224 valence electrons. The van der Waals surface area contributed by atoms with Crippen LogP contribution in [0.25, 0.3) is 0 Å². The van der Waals surface area contributed by atoms with Gasteiger partial charge in [-0.05, 0) is 63.6 Å². The number of nitrogens with zero attached hydrogens (tertiary/aromatic N) is 4. The van der Waals surface area contributed by atoms with E-state index < -0.39 is 6.09 Å². The number of carbonyl (C=O) groups is 2. The van der Waals surface area contributed by atoms with E-state index in [1.807, 2.05) is 30.6 Å². The van der Waals surface area contributed by atoms with Gasteiger partial charge < -0.3 is 34.1 Å². The van der Waals surface area contributed by atoms with Gasteiger partial charge in [-0.15, -0.1) is 0 Å². The van der Waals surface area contributed by atoms with Gasteiger partial charge in [-0.1, -0.05) is 0 Å². The van der Waals surface area contributed by atoms with Crippen molar-refractivity contribution < 1.29 is 28.5 Å². The molecule has 2 amide bonds. The highest BCUT2D eigenvalue weighted by Gasteiger charge is 2.39. The first-order valence-corrected chi connectivity index (χ1v) is 14.4. The van der Waals surface area contributed by atoms with Gasteiger partial charge in [0.15, 0.2) is 11.5 Å². The number of aryl methyl sites for hydroxylation is 1. The summed E-state index contributed by atoms with van der Waals surface area (Å²) in [6.07, 6.45) is 5.31. The lowest BCUT2D eigenvalue weighted by atomic mass is 9.94. The van der Waals surface area contributed by atoms with Gasteiger partial charge in [0.25, 0.3) is 5.91 Å². The first-order valence-electron chi connectivity index (χ1n) is 14.4. The van der Waals surface area contributed by atoms with Crippen LogP contribution in [0.1, 0.15) is 49.2 Å². The van der Waals surface area contributed by atoms with Crippen molar-refractivity contribution in [2.24, 2.45) is 11.8 Å². The summed E-state index contributed by atoms with van der Waals surface area (Å²) in [5, 5.41) is 3.48. The molecule has 2 atom stereocenters. The smallest absolute Gasteiger partial charge is 0.416 e. The van der Waals surface area contributed by atoms with Crippen molar-refractivity contribution in [3.63, 3.8) is 0 Å². The van der Waals surface area contributed by atoms with E-state index in [4.69, 9.17) is 18.9 Å². The van der Waals surface area contributed by atoms with Crippen molar-refractivity contribution in [3.05, 3.63) is 41.9 Å². The Bertz CT molecular complexity index is 1160. The van der Waals surface area contributed by atoms with Crippen molar-refractivity contribution >= 4 is 12.0 Å². The number of methoxy groups -OCH3 is 2. The minimum atomic E-state index is -0.399. The van der Waals surface area contributed by atoms with Crippen LogP contribution in [0.15, 0.2) is 30.6 Å². The Balaban J connectivity index is 1.43. The third-order valence-corrected chi connectivity index (χ3v) is 7.56. The zero-order valence-corrected chi connectivity index (χ0v) is 24.8. The highest BCUT2D eigenvalue weighted by molar-refractivity contribution is 5.95. The number of aromatic nitrogens is 2. The maximum Gasteiger partial charge on any atom is 0.416 e. The fourth-order valence-corrected chi connectivity index (χ4v) is 5.06. The number of benzene rings is 1. The van der Waals surface area contributed by atoms with Crippen molar-refractivity contribution in [1.82, 2.24) is 25.1 Å². The predicted molar refractivity (Wildman–Crippen MR) is 154 cm³/mol. The molecule has 0 radical (unpaired) electrons. The summed E-state index contributed by atoms with van der Waals surface area (Å²) >= 11 is 0. The van der Waals surface area contributed by atoms with E-state index >= 15 is 0 Å². The van der Waals surface area contributed by atoms with Crippen LogP contribution in [0.2, 0.25) is 0 Å². The topological polar surface area (TPSA) is 115 Å². The molecular formula is C30H43N5O6. The number of carbonyl (C=O) groups excluding carboxylic acids is 2. The molecule has 2 aromatic rings. The molecule has 2 aliphatic rings. The van der Waals surface area contributed by atoms with Crippen molar-refractivity contribution in [1.29, 1.82) is 0 Å². The quantitative estimate of drug-likeness (QED) is 0.341. The van der Waals surface area contributed by atoms with E-state index in [1.54, 1.807) is 38.6 Å². The Morgan fingerprint density at radius 1 is 1.02 bits per heavy atom. The molecule has 1 aromatic carbocycles. The predicted octanol–water partition coefficient (Wildman–Crippen LogP) is 3.56. The molecule has 0 unspecified atom stereocenters. The van der Waals surface area contributed by atoms with E-state index in [0.29, 0.717) is 43.4 Å². The molecule has 4 rings (SSSR count). The van der Waals surface area contributed by atoms with Gasteiger partial charge in [0.1, 0.15) is 0 Å². The molecule has 2 fully saturated rings. The molecule has 11 heteroatoms. The van der Waals surface area contributed by atoms with Gasteiger partial charge in [-0.2, -0.15) is 0 Å². The lowest BCUT2D eigenvalue weighted by Gasteiger charge is -2.33. The number of ether oxygens (including phenoxy) is 4. The fourth-order valence-electron chi connectivity index (χ4n) is 5.06. The van der Waals surface area contributed by atoms with Crippen LogP contribution in [-0.2, 0) is 4.74 Å². The van der Waals surface area contributed by atoms with Crippen LogP contribution in [-0.4, -0.2) is 97.5 Å². The number of amides is 2. The minimum Gasteiger partial charge on any atom is -0.493 e. The van der Waals surface area contributed by atoms with E-state index in [-0.39, 0.29) is 35.7 Å². The highest BCUT2D eigenvalue weighted by Crippen LogP contribution is 2.32. The molecule has 1 saturated heterocycles. The molecule has 11 nitrogen and oxygen atoms in total. The normalized spacial score (nSPS) is 18.3. The van der Waals surface area contributed by atoms with E-state index in [2.05, 4.69) is 15.3 Å². The zero-order chi connectivity index (χ0) is 29.4. The minimum absolute atomic E-state index is 0.0125. The van der Waals surface area contributed by atoms with Crippen LogP contribution in [0, 0.1) is 18.8 Å². The number of hydrogen-bond acceptors (Lipinski definition) is 9. The van der Waals surface area contributed by atoms with Crippen LogP contribution in [0.4, 0.5) is 4.79 Å². The average Bonchev–Trinajstić information content (AvgIpc) is 3.71. The molecule has 0 spiro atoms. The van der Waals surface area contributed by atoms with Gasteiger partial charge in [0.05, 0.1) is 31.8 Å². The van der Waals surface area contributed by atoms with Crippen molar-refractivity contribution in [2.75, 3.05) is 53.6 Å². The molecule has 1 aliphatic carbocycles. The first kappa shape index (κ1) is 30.5. The van der Waals surface area contributed by atoms with Crippen LogP contribution in [0.3, 0.4) is 0 Å². The molecule has 1 N–H and O–H groups in total. The fraction of sp³-hybridized carbons (Fsp3) is 0.600. The molecule has 41 heavy (non-hydrogen) atoms. The second-order valence-corrected chi connectivity index (χ2v) is 11.0. The molecular weight excluding hydrogens is 526 g/mol. The lowest BCUT2D eigenvalue weighted by Crippen LogP contribution is -2.45. The van der Waals surface area contributed by atoms with Crippen molar-refractivity contribution in [2.45, 2.75) is 52.1 Å². The maximum atomic E-state index is 13.8. The third kappa shape index (κ3) is 8.29. The van der Waals surface area contributed by atoms with E-state index in [9.17, 15) is 9.59 Å². The standard InChI is InChI=1S/C30H43N5O6/c1-20(2)34(29(36)22-7-10-26(39-5)27(13-22)40-12-6-11-38-4)18-23-15-31-16-24(23)19-35(25-8-9-25)30(37)41-28-17-32-21(3)14-33-28/h7,10,13-14,17,20,23-25,31H,6,8-9,11-12,15-16,18-19H2,1-5H3/t23-,24-/m0/s1. The van der Waals surface area contributed by atoms with Crippen LogP contribution in [0.5, 0.6) is 17.4 Å². The molecule has 1 aromatic heterocycles. The summed E-state index contributed by atoms with van der Waals surface area (Å²) < 4.78 is 22.0. The van der Waals surface area contributed by atoms with E-state index in [0.717, 1.165) is 38.0 Å². The molecule has 1 saturated carbocycles. The van der Waals surface area contributed by atoms with Gasteiger partial charge in [-0.3, -0.25) is 9.78 Å². The summed E-state index contributed by atoms with van der Waals surface area (Å²) in [4.78, 5) is 39.0. The number of rotatable bonds is 14. The van der Waals surface area contributed by atoms with Crippen molar-refractivity contribution in [3.8, 4) is 17.4 Å². The Labute approximate surface area is 242 Å². The average molecular weight is 570 g/mol. The Hall–Kier alpha value is -3.44. The summed E-state index contributed by atoms with van der Waals surface area (Å²) in [7, 11) is 3.24. The second-order valence-electron chi connectivity index (χ2n) is 11.0. The Morgan fingerprint density at radius 3 is 2.41 bits per heavy atom. The summed E-state index contributed by atoms with van der Waals surface area (Å²) in [6, 6.07) is 5.47.